The quantitative estimate of drug-likeness (QED) is 0.633. The predicted molar refractivity (Wildman–Crippen MR) is 88.3 cm³/mol. The van der Waals surface area contributed by atoms with Crippen molar-refractivity contribution in [3.05, 3.63) is 22.1 Å². The zero-order valence-electron chi connectivity index (χ0n) is 13.8. The van der Waals surface area contributed by atoms with Crippen molar-refractivity contribution in [3.8, 4) is 0 Å². The molecular formula is C16H23N3O3S. The summed E-state index contributed by atoms with van der Waals surface area (Å²) in [5.74, 6) is 0.657. The highest BCUT2D eigenvalue weighted by Crippen LogP contribution is 2.62. The Labute approximate surface area is 139 Å². The molecule has 2 fully saturated rings. The minimum absolute atomic E-state index is 0.0391. The van der Waals surface area contributed by atoms with Gasteiger partial charge in [-0.25, -0.2) is 4.98 Å². The number of fused-ring (bicyclic) bond motifs is 1. The van der Waals surface area contributed by atoms with Gasteiger partial charge in [0.1, 0.15) is 0 Å². The van der Waals surface area contributed by atoms with E-state index in [2.05, 4.69) is 23.8 Å². The smallest absolute Gasteiger partial charge is 0.251 e. The molecule has 1 amide bonds. The maximum Gasteiger partial charge on any atom is 0.251 e. The van der Waals surface area contributed by atoms with Crippen LogP contribution < -0.4 is 5.56 Å². The SMILES string of the molecule is Cc1cc(=O)[nH]c(SCC(=O)N2C[C@@H]3C(C)(C)C[C@]3(CO)C2)n1. The summed E-state index contributed by atoms with van der Waals surface area (Å²) in [4.78, 5) is 32.6. The monoisotopic (exact) mass is 337 g/mol. The number of hydrogen-bond donors (Lipinski definition) is 2. The van der Waals surface area contributed by atoms with Gasteiger partial charge in [0.15, 0.2) is 5.16 Å². The molecule has 0 aromatic carbocycles. The van der Waals surface area contributed by atoms with Crippen LogP contribution in [0.4, 0.5) is 0 Å². The van der Waals surface area contributed by atoms with E-state index >= 15 is 0 Å². The third-order valence-corrected chi connectivity index (χ3v) is 6.10. The van der Waals surface area contributed by atoms with Crippen molar-refractivity contribution < 1.29 is 9.90 Å². The first-order chi connectivity index (χ1) is 10.8. The van der Waals surface area contributed by atoms with E-state index in [9.17, 15) is 14.7 Å². The molecule has 126 valence electrons. The molecular weight excluding hydrogens is 314 g/mol. The number of thioether (sulfide) groups is 1. The van der Waals surface area contributed by atoms with E-state index in [0.717, 1.165) is 6.42 Å². The number of aryl methyl sites for hydroxylation is 1. The Hall–Kier alpha value is -1.34. The van der Waals surface area contributed by atoms with Crippen molar-refractivity contribution in [3.63, 3.8) is 0 Å². The Morgan fingerprint density at radius 1 is 1.57 bits per heavy atom. The lowest BCUT2D eigenvalue weighted by molar-refractivity contribution is -0.128. The number of aromatic nitrogens is 2. The largest absolute Gasteiger partial charge is 0.396 e. The zero-order valence-corrected chi connectivity index (χ0v) is 14.6. The van der Waals surface area contributed by atoms with Crippen LogP contribution >= 0.6 is 11.8 Å². The van der Waals surface area contributed by atoms with Crippen LogP contribution in [-0.4, -0.2) is 51.3 Å². The van der Waals surface area contributed by atoms with Gasteiger partial charge in [-0.2, -0.15) is 0 Å². The second-order valence-electron chi connectivity index (χ2n) is 7.49. The van der Waals surface area contributed by atoms with Crippen LogP contribution in [0.2, 0.25) is 0 Å². The number of aliphatic hydroxyl groups excluding tert-OH is 1. The average Bonchev–Trinajstić information content (AvgIpc) is 2.79. The Morgan fingerprint density at radius 2 is 2.30 bits per heavy atom. The molecule has 0 bridgehead atoms. The van der Waals surface area contributed by atoms with Gasteiger partial charge in [-0.3, -0.25) is 9.59 Å². The fourth-order valence-corrected chi connectivity index (χ4v) is 5.19. The van der Waals surface area contributed by atoms with E-state index in [1.165, 1.54) is 17.8 Å². The van der Waals surface area contributed by atoms with Gasteiger partial charge in [-0.15, -0.1) is 0 Å². The maximum absolute atomic E-state index is 12.5. The highest BCUT2D eigenvalue weighted by Gasteiger charge is 2.62. The minimum atomic E-state index is -0.201. The van der Waals surface area contributed by atoms with Gasteiger partial charge in [0.25, 0.3) is 5.56 Å². The lowest BCUT2D eigenvalue weighted by Gasteiger charge is -2.55. The number of amides is 1. The number of likely N-dealkylation sites (tertiary alicyclic amines) is 1. The van der Waals surface area contributed by atoms with Crippen LogP contribution in [0.1, 0.15) is 26.0 Å². The van der Waals surface area contributed by atoms with E-state index in [0.29, 0.717) is 29.9 Å². The highest BCUT2D eigenvalue weighted by atomic mass is 32.2. The van der Waals surface area contributed by atoms with Crippen molar-refractivity contribution >= 4 is 17.7 Å². The Bertz CT molecular complexity index is 687. The summed E-state index contributed by atoms with van der Waals surface area (Å²) in [6, 6.07) is 1.43. The van der Waals surface area contributed by atoms with Crippen LogP contribution in [0, 0.1) is 23.7 Å². The van der Waals surface area contributed by atoms with E-state index in [1.807, 2.05) is 4.90 Å². The topological polar surface area (TPSA) is 86.3 Å². The summed E-state index contributed by atoms with van der Waals surface area (Å²) >= 11 is 1.25. The third-order valence-electron chi connectivity index (χ3n) is 5.25. The van der Waals surface area contributed by atoms with Crippen molar-refractivity contribution in [1.82, 2.24) is 14.9 Å². The van der Waals surface area contributed by atoms with Crippen molar-refractivity contribution in [2.24, 2.45) is 16.7 Å². The van der Waals surface area contributed by atoms with Crippen LogP contribution in [-0.2, 0) is 4.79 Å². The van der Waals surface area contributed by atoms with Gasteiger partial charge < -0.3 is 15.0 Å². The molecule has 0 spiro atoms. The Morgan fingerprint density at radius 3 is 2.87 bits per heavy atom. The molecule has 2 aliphatic rings. The third kappa shape index (κ3) is 2.92. The molecule has 1 aromatic rings. The van der Waals surface area contributed by atoms with Crippen LogP contribution in [0.25, 0.3) is 0 Å². The number of aromatic amines is 1. The molecule has 23 heavy (non-hydrogen) atoms. The van der Waals surface area contributed by atoms with E-state index < -0.39 is 0 Å². The van der Waals surface area contributed by atoms with Crippen LogP contribution in [0.5, 0.6) is 0 Å². The summed E-state index contributed by atoms with van der Waals surface area (Å²) < 4.78 is 0. The number of aliphatic hydroxyl groups is 1. The first-order valence-corrected chi connectivity index (χ1v) is 8.84. The molecule has 7 heteroatoms. The van der Waals surface area contributed by atoms with E-state index in [-0.39, 0.29) is 34.7 Å². The summed E-state index contributed by atoms with van der Waals surface area (Å²) in [6.07, 6.45) is 0.963. The lowest BCUT2D eigenvalue weighted by atomic mass is 9.48. The fourth-order valence-electron chi connectivity index (χ4n) is 4.37. The molecule has 0 unspecified atom stereocenters. The number of rotatable bonds is 4. The molecule has 3 rings (SSSR count). The minimum Gasteiger partial charge on any atom is -0.396 e. The Kier molecular flexibility index (Phi) is 4.04. The molecule has 6 nitrogen and oxygen atoms in total. The molecule has 0 radical (unpaired) electrons. The standard InChI is InChI=1S/C16H23N3O3S/c1-10-4-12(21)18-14(17-10)23-6-13(22)19-5-11-15(2,3)7-16(11,8-19)9-20/h4,11,20H,5-9H2,1-3H3,(H,17,18,21)/t11-,16-/m1/s1. The summed E-state index contributed by atoms with van der Waals surface area (Å²) in [6.45, 7) is 7.65. The summed E-state index contributed by atoms with van der Waals surface area (Å²) in [5.41, 5.74) is 0.519. The van der Waals surface area contributed by atoms with Crippen LogP contribution in [0.15, 0.2) is 16.0 Å². The number of H-pyrrole nitrogens is 1. The summed E-state index contributed by atoms with van der Waals surface area (Å²) in [5, 5.41) is 10.2. The predicted octanol–water partition coefficient (Wildman–Crippen LogP) is 1.04. The first-order valence-electron chi connectivity index (χ1n) is 7.85. The molecule has 2 N–H and O–H groups in total. The van der Waals surface area contributed by atoms with Gasteiger partial charge in [0, 0.05) is 30.3 Å². The first kappa shape index (κ1) is 16.5. The molecule has 1 saturated carbocycles. The summed E-state index contributed by atoms with van der Waals surface area (Å²) in [7, 11) is 0. The second kappa shape index (κ2) is 5.63. The van der Waals surface area contributed by atoms with Crippen LogP contribution in [0.3, 0.4) is 0 Å². The lowest BCUT2D eigenvalue weighted by Crippen LogP contribution is -2.54. The molecule has 1 aromatic heterocycles. The van der Waals surface area contributed by atoms with Gasteiger partial charge in [-0.05, 0) is 24.7 Å². The molecule has 1 saturated heterocycles. The fraction of sp³-hybridized carbons (Fsp3) is 0.688. The van der Waals surface area contributed by atoms with E-state index in [1.54, 1.807) is 6.92 Å². The van der Waals surface area contributed by atoms with Gasteiger partial charge >= 0.3 is 0 Å². The normalized spacial score (nSPS) is 28.3. The molecule has 1 aliphatic carbocycles. The number of hydrogen-bond acceptors (Lipinski definition) is 5. The van der Waals surface area contributed by atoms with Gasteiger partial charge in [0.05, 0.1) is 12.4 Å². The van der Waals surface area contributed by atoms with Gasteiger partial charge in [0.2, 0.25) is 5.91 Å². The number of nitrogens with zero attached hydrogens (tertiary/aromatic N) is 2. The zero-order chi connectivity index (χ0) is 16.8. The highest BCUT2D eigenvalue weighted by molar-refractivity contribution is 7.99. The molecule has 2 atom stereocenters. The number of nitrogens with one attached hydrogen (secondary N) is 1. The van der Waals surface area contributed by atoms with E-state index in [4.69, 9.17) is 0 Å². The molecule has 1 aliphatic heterocycles. The average molecular weight is 337 g/mol. The second-order valence-corrected chi connectivity index (χ2v) is 8.46. The van der Waals surface area contributed by atoms with Gasteiger partial charge in [-0.1, -0.05) is 25.6 Å². The Balaban J connectivity index is 1.63. The molecule has 2 heterocycles. The van der Waals surface area contributed by atoms with Crippen molar-refractivity contribution in [1.29, 1.82) is 0 Å². The van der Waals surface area contributed by atoms with Crippen molar-refractivity contribution in [2.45, 2.75) is 32.3 Å². The number of carbonyl (C=O) groups excluding carboxylic acids is 1. The van der Waals surface area contributed by atoms with Crippen molar-refractivity contribution in [2.75, 3.05) is 25.4 Å². The maximum atomic E-state index is 12.5. The number of carbonyl (C=O) groups is 1.